The monoisotopic (exact) mass is 442 g/mol. The molecular weight excluding hydrogens is 412 g/mol. The van der Waals surface area contributed by atoms with Crippen LogP contribution in [0.15, 0.2) is 11.6 Å². The molecule has 0 saturated heterocycles. The van der Waals surface area contributed by atoms with E-state index in [1.165, 1.54) is 6.92 Å². The minimum Gasteiger partial charge on any atom is -0.461 e. The lowest BCUT2D eigenvalue weighted by molar-refractivity contribution is -0.160. The van der Waals surface area contributed by atoms with Gasteiger partial charge in [0, 0.05) is 17.8 Å². The largest absolute Gasteiger partial charge is 0.461 e. The van der Waals surface area contributed by atoms with E-state index in [-0.39, 0.29) is 58.2 Å². The Bertz CT molecular complexity index is 650. The zero-order valence-corrected chi connectivity index (χ0v) is 17.7. The lowest BCUT2D eigenvalue weighted by Gasteiger charge is -2.59. The van der Waals surface area contributed by atoms with Crippen LogP contribution in [0.2, 0.25) is 0 Å². The molecule has 0 spiro atoms. The molecule has 0 amide bonds. The van der Waals surface area contributed by atoms with E-state index in [0.717, 1.165) is 31.3 Å². The van der Waals surface area contributed by atoms with Gasteiger partial charge < -0.3 is 20.1 Å². The van der Waals surface area contributed by atoms with Gasteiger partial charge in [-0.3, -0.25) is 4.79 Å². The number of hydrogen-bond acceptors (Lipinski definition) is 5. The SMILES string of the molecule is CC(=O)O[C@H]1[C@H](Br)CC2C3C(CC[C@@]21C)[C@@]1(CO)CC[C@H](O)CC1=C[C@@H]3O. The summed E-state index contributed by atoms with van der Waals surface area (Å²) in [5, 5.41) is 31.7. The number of hydrogen-bond donors (Lipinski definition) is 3. The molecule has 0 aromatic rings. The minimum atomic E-state index is -0.574. The normalized spacial score (nSPS) is 51.6. The molecule has 3 N–H and O–H groups in total. The highest BCUT2D eigenvalue weighted by Gasteiger charge is 2.64. The van der Waals surface area contributed by atoms with E-state index in [0.29, 0.717) is 12.8 Å². The van der Waals surface area contributed by atoms with Gasteiger partial charge in [-0.15, -0.1) is 0 Å². The molecule has 6 heteroatoms. The van der Waals surface area contributed by atoms with Crippen LogP contribution in [0.4, 0.5) is 0 Å². The zero-order chi connectivity index (χ0) is 19.6. The molecule has 3 fully saturated rings. The highest BCUT2D eigenvalue weighted by atomic mass is 79.9. The summed E-state index contributed by atoms with van der Waals surface area (Å²) in [5.41, 5.74) is 0.565. The van der Waals surface area contributed by atoms with Gasteiger partial charge >= 0.3 is 5.97 Å². The maximum atomic E-state index is 11.7. The van der Waals surface area contributed by atoms with Crippen LogP contribution in [0.1, 0.15) is 52.4 Å². The Morgan fingerprint density at radius 2 is 2.04 bits per heavy atom. The summed E-state index contributed by atoms with van der Waals surface area (Å²) in [6.45, 7) is 3.74. The average molecular weight is 443 g/mol. The summed E-state index contributed by atoms with van der Waals surface area (Å²) in [6.07, 6.45) is 5.51. The first-order valence-corrected chi connectivity index (χ1v) is 11.1. The van der Waals surface area contributed by atoms with Gasteiger partial charge in [0.25, 0.3) is 0 Å². The van der Waals surface area contributed by atoms with E-state index in [2.05, 4.69) is 22.9 Å². The summed E-state index contributed by atoms with van der Waals surface area (Å²) in [6, 6.07) is 0. The predicted octanol–water partition coefficient (Wildman–Crippen LogP) is 2.56. The molecule has 4 rings (SSSR count). The Morgan fingerprint density at radius 3 is 2.70 bits per heavy atom. The highest BCUT2D eigenvalue weighted by Crippen LogP contribution is 2.66. The van der Waals surface area contributed by atoms with Crippen LogP contribution in [0.5, 0.6) is 0 Å². The predicted molar refractivity (Wildman–Crippen MR) is 104 cm³/mol. The summed E-state index contributed by atoms with van der Waals surface area (Å²) in [4.78, 5) is 11.8. The van der Waals surface area contributed by atoms with E-state index in [1.54, 1.807) is 0 Å². The molecule has 4 aliphatic carbocycles. The van der Waals surface area contributed by atoms with Crippen molar-refractivity contribution in [3.8, 4) is 0 Å². The van der Waals surface area contributed by atoms with Crippen molar-refractivity contribution in [3.05, 3.63) is 11.6 Å². The minimum absolute atomic E-state index is 0.0514. The number of fused-ring (bicyclic) bond motifs is 5. The molecule has 27 heavy (non-hydrogen) atoms. The molecule has 0 heterocycles. The Hall–Kier alpha value is -0.430. The fraction of sp³-hybridized carbons (Fsp3) is 0.857. The van der Waals surface area contributed by atoms with Crippen LogP contribution in [-0.2, 0) is 9.53 Å². The van der Waals surface area contributed by atoms with Crippen LogP contribution in [-0.4, -0.2) is 51.0 Å². The number of ether oxygens (including phenoxy) is 1. The molecule has 3 saturated carbocycles. The van der Waals surface area contributed by atoms with Gasteiger partial charge in [-0.1, -0.05) is 34.5 Å². The third-order valence-electron chi connectivity index (χ3n) is 8.30. The van der Waals surface area contributed by atoms with Crippen LogP contribution in [0, 0.1) is 28.6 Å². The van der Waals surface area contributed by atoms with Crippen molar-refractivity contribution in [3.63, 3.8) is 0 Å². The van der Waals surface area contributed by atoms with Crippen LogP contribution in [0.3, 0.4) is 0 Å². The Balaban J connectivity index is 1.72. The lowest BCUT2D eigenvalue weighted by Crippen LogP contribution is -2.57. The topological polar surface area (TPSA) is 87.0 Å². The summed E-state index contributed by atoms with van der Waals surface area (Å²) < 4.78 is 5.72. The average Bonchev–Trinajstić information content (AvgIpc) is 2.85. The van der Waals surface area contributed by atoms with Crippen molar-refractivity contribution in [1.82, 2.24) is 0 Å². The number of esters is 1. The van der Waals surface area contributed by atoms with Crippen molar-refractivity contribution >= 4 is 21.9 Å². The number of alkyl halides is 1. The lowest BCUT2D eigenvalue weighted by atomic mass is 9.47. The van der Waals surface area contributed by atoms with E-state index in [4.69, 9.17) is 4.74 Å². The number of aliphatic hydroxyl groups is 3. The van der Waals surface area contributed by atoms with Crippen LogP contribution >= 0.6 is 15.9 Å². The molecule has 0 aliphatic heterocycles. The first kappa shape index (κ1) is 19.9. The van der Waals surface area contributed by atoms with Gasteiger partial charge in [0.2, 0.25) is 0 Å². The van der Waals surface area contributed by atoms with Crippen molar-refractivity contribution in [2.24, 2.45) is 28.6 Å². The van der Waals surface area contributed by atoms with Gasteiger partial charge in [0.15, 0.2) is 0 Å². The Morgan fingerprint density at radius 1 is 1.30 bits per heavy atom. The van der Waals surface area contributed by atoms with Gasteiger partial charge in [-0.05, 0) is 56.3 Å². The Kier molecular flexibility index (Phi) is 5.02. The summed E-state index contributed by atoms with van der Waals surface area (Å²) in [7, 11) is 0. The standard InChI is InChI=1S/C21H31BrO5/c1-11(24)27-19-16(22)9-15-18-14(4-5-20(15,19)2)21(10-23)6-3-13(25)7-12(21)8-17(18)26/h8,13-19,23,25-26H,3-7,9-10H2,1-2H3/t13-,14?,15?,16+,17-,18?,19-,20-,21+/m0/s1. The maximum Gasteiger partial charge on any atom is 0.302 e. The zero-order valence-electron chi connectivity index (χ0n) is 16.1. The molecule has 3 unspecified atom stereocenters. The molecule has 0 bridgehead atoms. The number of halogens is 1. The van der Waals surface area contributed by atoms with Crippen molar-refractivity contribution in [1.29, 1.82) is 0 Å². The second kappa shape index (κ2) is 6.82. The molecule has 152 valence electrons. The Labute approximate surface area is 169 Å². The van der Waals surface area contributed by atoms with Crippen LogP contribution in [0.25, 0.3) is 0 Å². The summed E-state index contributed by atoms with van der Waals surface area (Å²) in [5.74, 6) is 0.232. The van der Waals surface area contributed by atoms with E-state index in [9.17, 15) is 20.1 Å². The van der Waals surface area contributed by atoms with E-state index < -0.39 is 6.10 Å². The van der Waals surface area contributed by atoms with Gasteiger partial charge in [0.05, 0.1) is 23.6 Å². The molecule has 5 nitrogen and oxygen atoms in total. The van der Waals surface area contributed by atoms with Gasteiger partial charge in [0.1, 0.15) is 6.10 Å². The quantitative estimate of drug-likeness (QED) is 0.347. The van der Waals surface area contributed by atoms with Gasteiger partial charge in [-0.2, -0.15) is 0 Å². The third kappa shape index (κ3) is 2.85. The highest BCUT2D eigenvalue weighted by molar-refractivity contribution is 9.09. The third-order valence-corrected chi connectivity index (χ3v) is 9.15. The maximum absolute atomic E-state index is 11.7. The summed E-state index contributed by atoms with van der Waals surface area (Å²) >= 11 is 3.75. The van der Waals surface area contributed by atoms with Crippen molar-refractivity contribution in [2.75, 3.05) is 6.61 Å². The second-order valence-corrected chi connectivity index (χ2v) is 10.7. The number of rotatable bonds is 2. The van der Waals surface area contributed by atoms with E-state index in [1.807, 2.05) is 6.08 Å². The molecular formula is C21H31BrO5. The molecule has 0 aromatic heterocycles. The molecule has 0 aromatic carbocycles. The fourth-order valence-electron chi connectivity index (χ4n) is 7.05. The fourth-order valence-corrected chi connectivity index (χ4v) is 8.16. The van der Waals surface area contributed by atoms with Gasteiger partial charge in [-0.25, -0.2) is 0 Å². The van der Waals surface area contributed by atoms with E-state index >= 15 is 0 Å². The first-order valence-electron chi connectivity index (χ1n) is 10.2. The molecule has 0 radical (unpaired) electrons. The second-order valence-electron chi connectivity index (χ2n) is 9.51. The smallest absolute Gasteiger partial charge is 0.302 e. The van der Waals surface area contributed by atoms with Crippen molar-refractivity contribution in [2.45, 2.75) is 75.5 Å². The molecule has 9 atom stereocenters. The first-order chi connectivity index (χ1) is 12.7. The van der Waals surface area contributed by atoms with Crippen molar-refractivity contribution < 1.29 is 24.9 Å². The molecule has 4 aliphatic rings. The number of aliphatic hydroxyl groups excluding tert-OH is 3. The number of carbonyl (C=O) groups excluding carboxylic acids is 1. The number of carbonyl (C=O) groups is 1. The van der Waals surface area contributed by atoms with Crippen LogP contribution < -0.4 is 0 Å².